The second-order valence-corrected chi connectivity index (χ2v) is 20.1. The normalized spacial score (nSPS) is 23.4. The third-order valence-electron chi connectivity index (χ3n) is 14.7. The molecule has 3 fully saturated rings. The molecule has 1 aromatic rings. The van der Waals surface area contributed by atoms with Gasteiger partial charge in [-0.2, -0.15) is 0 Å². The van der Waals surface area contributed by atoms with Crippen molar-refractivity contribution in [3.05, 3.63) is 35.9 Å². The highest BCUT2D eigenvalue weighted by atomic mass is 16.7. The number of methoxy groups -OCH3 is 2. The van der Waals surface area contributed by atoms with Crippen molar-refractivity contribution in [3.63, 3.8) is 0 Å². The number of ketones is 1. The average molecular weight is 926 g/mol. The molecule has 2 aliphatic heterocycles. The van der Waals surface area contributed by atoms with Crippen LogP contribution in [-0.4, -0.2) is 139 Å². The summed E-state index contributed by atoms with van der Waals surface area (Å²) in [6, 6.07) is 7.85. The van der Waals surface area contributed by atoms with Crippen LogP contribution >= 0.6 is 0 Å². The smallest absolute Gasteiger partial charge is 0.303 e. The Labute approximate surface area is 394 Å². The summed E-state index contributed by atoms with van der Waals surface area (Å²) in [6.07, 6.45) is 4.88. The lowest BCUT2D eigenvalue weighted by molar-refractivity contribution is -0.198. The molecule has 15 heteroatoms. The number of Topliss-reactive ketones (excluding diaryl/α,β-unsaturated/α-hetero) is 1. The van der Waals surface area contributed by atoms with Gasteiger partial charge in [-0.1, -0.05) is 92.1 Å². The molecule has 12 unspecified atom stereocenters. The number of rotatable bonds is 27. The molecule has 1 saturated carbocycles. The molecule has 1 aliphatic carbocycles. The quantitative estimate of drug-likeness (QED) is 0.0928. The number of carboxylic acids is 1. The fourth-order valence-corrected chi connectivity index (χ4v) is 10.6. The summed E-state index contributed by atoms with van der Waals surface area (Å²) in [5.74, 6) is -3.20. The number of carbonyl (C=O) groups excluding carboxylic acids is 5. The van der Waals surface area contributed by atoms with Crippen LogP contribution in [0.2, 0.25) is 0 Å². The Morgan fingerprint density at radius 3 is 2.17 bits per heavy atom. The number of ether oxygens (including phenoxy) is 2. The maximum atomic E-state index is 14.4. The fraction of sp³-hybridized carbons (Fsp3) is 0.765. The molecule has 4 amide bonds. The van der Waals surface area contributed by atoms with Gasteiger partial charge in [-0.3, -0.25) is 38.5 Å². The number of likely N-dealkylation sites (N-methyl/N-ethyl adjacent to an activating group) is 1. The van der Waals surface area contributed by atoms with E-state index < -0.39 is 42.1 Å². The zero-order chi connectivity index (χ0) is 48.8. The zero-order valence-corrected chi connectivity index (χ0v) is 41.8. The summed E-state index contributed by atoms with van der Waals surface area (Å²) in [7, 11) is 5.04. The standard InChI is InChI=1S/C51H83N5O10/c1-12-33(6)37(25-24-34(7)47(60)44(31(2)3)52-50(62)46(32(4)5)54(9)26-19-23-41(58)59)39(64-10)30-40(57)55-27-18-22-38(55)48(65-11)35(8)49(61)53-45-42(36-20-14-13-15-21-36)43(45)51(63)56-28-16-17-29-66-56/h13-15,20-21,31-35,37-39,42-46,48H,12,16-19,22-30H2,1-11H3,(H,52,62)(H,53,61)(H,58,59). The van der Waals surface area contributed by atoms with Crippen LogP contribution in [0.4, 0.5) is 0 Å². The topological polar surface area (TPSA) is 184 Å². The second kappa shape index (κ2) is 26.0. The van der Waals surface area contributed by atoms with Gasteiger partial charge in [0.05, 0.1) is 55.2 Å². The van der Waals surface area contributed by atoms with Gasteiger partial charge in [0.2, 0.25) is 17.7 Å². The Bertz CT molecular complexity index is 1740. The predicted octanol–water partition coefficient (Wildman–Crippen LogP) is 6.10. The highest BCUT2D eigenvalue weighted by Gasteiger charge is 2.58. The van der Waals surface area contributed by atoms with Crippen LogP contribution in [0.3, 0.4) is 0 Å². The lowest BCUT2D eigenvalue weighted by Crippen LogP contribution is -2.55. The third-order valence-corrected chi connectivity index (χ3v) is 14.7. The number of carboxylic acid groups (broad SMARTS) is 1. The molecule has 0 bridgehead atoms. The Morgan fingerprint density at radius 1 is 0.894 bits per heavy atom. The van der Waals surface area contributed by atoms with Crippen LogP contribution in [0.25, 0.3) is 0 Å². The number of benzene rings is 1. The molecule has 0 aromatic heterocycles. The summed E-state index contributed by atoms with van der Waals surface area (Å²) in [5, 5.41) is 16.8. The van der Waals surface area contributed by atoms with Gasteiger partial charge in [-0.15, -0.1) is 0 Å². The highest BCUT2D eigenvalue weighted by Crippen LogP contribution is 2.49. The number of nitrogens with one attached hydrogen (secondary N) is 2. The summed E-state index contributed by atoms with van der Waals surface area (Å²) in [5.41, 5.74) is 0.988. The number of nitrogens with zero attached hydrogens (tertiary/aromatic N) is 3. The van der Waals surface area contributed by atoms with Crippen molar-refractivity contribution in [3.8, 4) is 0 Å². The predicted molar refractivity (Wildman–Crippen MR) is 253 cm³/mol. The van der Waals surface area contributed by atoms with Gasteiger partial charge in [0, 0.05) is 51.6 Å². The first-order valence-corrected chi connectivity index (χ1v) is 24.8. The van der Waals surface area contributed by atoms with Gasteiger partial charge in [0.15, 0.2) is 5.78 Å². The minimum atomic E-state index is -0.878. The monoisotopic (exact) mass is 926 g/mol. The average Bonchev–Trinajstić information content (AvgIpc) is 3.78. The van der Waals surface area contributed by atoms with E-state index in [1.807, 2.05) is 88.7 Å². The largest absolute Gasteiger partial charge is 0.481 e. The van der Waals surface area contributed by atoms with Gasteiger partial charge < -0.3 is 30.1 Å². The Morgan fingerprint density at radius 2 is 1.59 bits per heavy atom. The van der Waals surface area contributed by atoms with Crippen molar-refractivity contribution in [2.24, 2.45) is 41.4 Å². The molecule has 2 saturated heterocycles. The first-order valence-electron chi connectivity index (χ1n) is 24.8. The first-order chi connectivity index (χ1) is 31.4. The van der Waals surface area contributed by atoms with Crippen LogP contribution < -0.4 is 10.6 Å². The van der Waals surface area contributed by atoms with E-state index in [2.05, 4.69) is 24.5 Å². The van der Waals surface area contributed by atoms with Crippen LogP contribution in [0.1, 0.15) is 131 Å². The molecule has 66 heavy (non-hydrogen) atoms. The van der Waals surface area contributed by atoms with E-state index in [4.69, 9.17) is 19.4 Å². The molecular weight excluding hydrogens is 843 g/mol. The van der Waals surface area contributed by atoms with Crippen LogP contribution in [0, 0.1) is 41.4 Å². The Kier molecular flexibility index (Phi) is 21.5. The molecule has 372 valence electrons. The SMILES string of the molecule is CCC(C)C(CCC(C)C(=O)C(NC(=O)C(C(C)C)N(C)CCCC(=O)O)C(C)C)C(CC(=O)N1CCCC1C(OC)C(C)C(=O)NC1C(C(=O)N2CCCCO2)C1c1ccccc1)OC. The van der Waals surface area contributed by atoms with Crippen molar-refractivity contribution in [2.75, 3.05) is 47.5 Å². The first kappa shape index (κ1) is 54.7. The van der Waals surface area contributed by atoms with E-state index in [-0.39, 0.29) is 89.8 Å². The van der Waals surface area contributed by atoms with Gasteiger partial charge in [0.1, 0.15) is 0 Å². The summed E-state index contributed by atoms with van der Waals surface area (Å²) < 4.78 is 12.2. The van der Waals surface area contributed by atoms with Crippen molar-refractivity contribution >= 4 is 35.4 Å². The molecule has 1 aromatic carbocycles. The molecule has 2 heterocycles. The fourth-order valence-electron chi connectivity index (χ4n) is 10.6. The number of aliphatic carboxylic acids is 1. The van der Waals surface area contributed by atoms with E-state index in [9.17, 15) is 28.8 Å². The minimum Gasteiger partial charge on any atom is -0.481 e. The minimum absolute atomic E-state index is 0.0165. The number of hydrogen-bond acceptors (Lipinski definition) is 10. The number of amides is 4. The number of carbonyl (C=O) groups is 6. The summed E-state index contributed by atoms with van der Waals surface area (Å²) >= 11 is 0. The third kappa shape index (κ3) is 14.3. The van der Waals surface area contributed by atoms with Gasteiger partial charge >= 0.3 is 5.97 Å². The van der Waals surface area contributed by atoms with Gasteiger partial charge in [0.25, 0.3) is 5.91 Å². The maximum absolute atomic E-state index is 14.4. The van der Waals surface area contributed by atoms with E-state index in [0.717, 1.165) is 31.2 Å². The molecule has 0 spiro atoms. The van der Waals surface area contributed by atoms with E-state index in [0.29, 0.717) is 51.9 Å². The maximum Gasteiger partial charge on any atom is 0.303 e. The molecule has 3 aliphatic rings. The van der Waals surface area contributed by atoms with Crippen molar-refractivity contribution in [1.82, 2.24) is 25.5 Å². The van der Waals surface area contributed by atoms with Crippen LogP contribution in [0.5, 0.6) is 0 Å². The highest BCUT2D eigenvalue weighted by molar-refractivity contribution is 5.92. The molecule has 12 atom stereocenters. The zero-order valence-electron chi connectivity index (χ0n) is 41.8. The molecular formula is C51H83N5O10. The molecule has 3 N–H and O–H groups in total. The lowest BCUT2D eigenvalue weighted by Gasteiger charge is -2.36. The lowest BCUT2D eigenvalue weighted by atomic mass is 9.79. The van der Waals surface area contributed by atoms with Crippen molar-refractivity contribution in [1.29, 1.82) is 0 Å². The Hall–Kier alpha value is -3.92. The Balaban J connectivity index is 1.40. The van der Waals surface area contributed by atoms with Crippen molar-refractivity contribution in [2.45, 2.75) is 162 Å². The summed E-state index contributed by atoms with van der Waals surface area (Å²) in [4.78, 5) is 90.5. The van der Waals surface area contributed by atoms with Crippen LogP contribution in [-0.2, 0) is 43.1 Å². The van der Waals surface area contributed by atoms with E-state index in [1.165, 1.54) is 5.06 Å². The molecule has 0 radical (unpaired) electrons. The second-order valence-electron chi connectivity index (χ2n) is 20.1. The number of hydrogen-bond donors (Lipinski definition) is 3. The molecule has 15 nitrogen and oxygen atoms in total. The summed E-state index contributed by atoms with van der Waals surface area (Å²) in [6.45, 7) is 17.8. The van der Waals surface area contributed by atoms with E-state index >= 15 is 0 Å². The van der Waals surface area contributed by atoms with Crippen molar-refractivity contribution < 1.29 is 48.2 Å². The number of likely N-dealkylation sites (tertiary alicyclic amines) is 1. The number of hydroxylamine groups is 2. The van der Waals surface area contributed by atoms with Gasteiger partial charge in [-0.05, 0) is 87.8 Å². The van der Waals surface area contributed by atoms with E-state index in [1.54, 1.807) is 14.2 Å². The van der Waals surface area contributed by atoms with Crippen LogP contribution in [0.15, 0.2) is 30.3 Å². The van der Waals surface area contributed by atoms with Gasteiger partial charge in [-0.25, -0.2) is 5.06 Å². The molecule has 4 rings (SSSR count).